The van der Waals surface area contributed by atoms with Crippen LogP contribution in [0.2, 0.25) is 0 Å². The minimum atomic E-state index is -0.309. The number of pyridine rings is 1. The highest BCUT2D eigenvalue weighted by atomic mass is 16.5. The molecule has 0 spiro atoms. The first-order valence-corrected chi connectivity index (χ1v) is 9.90. The van der Waals surface area contributed by atoms with Crippen molar-refractivity contribution in [3.05, 3.63) is 67.3 Å². The molecule has 5 heterocycles. The Labute approximate surface area is 183 Å². The summed E-state index contributed by atoms with van der Waals surface area (Å²) < 4.78 is 10.7. The summed E-state index contributed by atoms with van der Waals surface area (Å²) in [5.41, 5.74) is 4.08. The molecule has 0 aromatic carbocycles. The highest BCUT2D eigenvalue weighted by molar-refractivity contribution is 5.68. The van der Waals surface area contributed by atoms with Gasteiger partial charge in [0.2, 0.25) is 0 Å². The number of aryl methyl sites for hydroxylation is 1. The Morgan fingerprint density at radius 2 is 1.97 bits per heavy atom. The molecule has 0 saturated carbocycles. The van der Waals surface area contributed by atoms with Crippen LogP contribution in [0.25, 0.3) is 28.3 Å². The Morgan fingerprint density at radius 3 is 2.75 bits per heavy atom. The molecule has 158 valence electrons. The van der Waals surface area contributed by atoms with Crippen molar-refractivity contribution in [1.29, 1.82) is 5.26 Å². The highest BCUT2D eigenvalue weighted by Crippen LogP contribution is 2.28. The molecular formula is C22H19N9O. The zero-order valence-electron chi connectivity index (χ0n) is 17.5. The molecule has 10 nitrogen and oxygen atoms in total. The second-order valence-corrected chi connectivity index (χ2v) is 7.27. The summed E-state index contributed by atoms with van der Waals surface area (Å²) in [5, 5.41) is 18.2. The van der Waals surface area contributed by atoms with Crippen LogP contribution in [-0.4, -0.2) is 46.0 Å². The van der Waals surface area contributed by atoms with Crippen molar-refractivity contribution >= 4 is 5.65 Å². The summed E-state index contributed by atoms with van der Waals surface area (Å²) in [5.74, 6) is 1.33. The van der Waals surface area contributed by atoms with Gasteiger partial charge in [0.15, 0.2) is 0 Å². The number of fused-ring (bicyclic) bond motifs is 1. The Hall–Kier alpha value is -4.52. The van der Waals surface area contributed by atoms with Crippen molar-refractivity contribution < 1.29 is 4.74 Å². The van der Waals surface area contributed by atoms with E-state index >= 15 is 0 Å². The van der Waals surface area contributed by atoms with Gasteiger partial charge in [-0.25, -0.2) is 9.97 Å². The molecule has 5 aromatic heterocycles. The van der Waals surface area contributed by atoms with Crippen molar-refractivity contribution in [2.24, 2.45) is 7.05 Å². The highest BCUT2D eigenvalue weighted by Gasteiger charge is 2.19. The van der Waals surface area contributed by atoms with Crippen LogP contribution in [0, 0.1) is 11.3 Å². The van der Waals surface area contributed by atoms with Gasteiger partial charge in [0, 0.05) is 49.7 Å². The Kier molecular flexibility index (Phi) is 4.84. The fourth-order valence-electron chi connectivity index (χ4n) is 3.63. The quantitative estimate of drug-likeness (QED) is 0.411. The fraction of sp³-hybridized carbons (Fsp3) is 0.182. The van der Waals surface area contributed by atoms with Crippen molar-refractivity contribution in [3.8, 4) is 34.5 Å². The third-order valence-electron chi connectivity index (χ3n) is 5.21. The van der Waals surface area contributed by atoms with Gasteiger partial charge >= 0.3 is 0 Å². The molecule has 1 unspecified atom stereocenters. The van der Waals surface area contributed by atoms with Crippen LogP contribution in [-0.2, 0) is 7.05 Å². The van der Waals surface area contributed by atoms with E-state index in [4.69, 9.17) is 9.72 Å². The van der Waals surface area contributed by atoms with E-state index in [-0.39, 0.29) is 12.5 Å². The van der Waals surface area contributed by atoms with Crippen molar-refractivity contribution in [1.82, 2.24) is 38.9 Å². The zero-order valence-corrected chi connectivity index (χ0v) is 17.5. The lowest BCUT2D eigenvalue weighted by Gasteiger charge is -2.15. The predicted octanol–water partition coefficient (Wildman–Crippen LogP) is 2.90. The number of rotatable bonds is 6. The van der Waals surface area contributed by atoms with E-state index in [9.17, 15) is 5.26 Å². The van der Waals surface area contributed by atoms with E-state index in [0.717, 1.165) is 28.0 Å². The van der Waals surface area contributed by atoms with Gasteiger partial charge in [0.05, 0.1) is 55.5 Å². The average molecular weight is 425 g/mol. The number of ether oxygens (including phenoxy) is 1. The second kappa shape index (κ2) is 7.96. The maximum absolute atomic E-state index is 9.41. The Balaban J connectivity index is 1.59. The summed E-state index contributed by atoms with van der Waals surface area (Å²) >= 11 is 0. The molecule has 0 aliphatic heterocycles. The van der Waals surface area contributed by atoms with Crippen LogP contribution in [0.3, 0.4) is 0 Å². The van der Waals surface area contributed by atoms with Crippen molar-refractivity contribution in [3.63, 3.8) is 0 Å². The van der Waals surface area contributed by atoms with E-state index in [1.165, 1.54) is 0 Å². The molecule has 5 rings (SSSR count). The topological polar surface area (TPSA) is 112 Å². The monoisotopic (exact) mass is 425 g/mol. The summed E-state index contributed by atoms with van der Waals surface area (Å²) in [6.45, 7) is 0. The largest absolute Gasteiger partial charge is 0.495 e. The van der Waals surface area contributed by atoms with Gasteiger partial charge in [-0.1, -0.05) is 0 Å². The van der Waals surface area contributed by atoms with E-state index in [2.05, 4.69) is 26.2 Å². The van der Waals surface area contributed by atoms with Gasteiger partial charge in [-0.15, -0.1) is 0 Å². The normalized spacial score (nSPS) is 12.0. The van der Waals surface area contributed by atoms with E-state index in [1.807, 2.05) is 42.2 Å². The molecule has 0 N–H and O–H groups in total. The summed E-state index contributed by atoms with van der Waals surface area (Å²) in [6.07, 6.45) is 14.5. The molecule has 10 heteroatoms. The lowest BCUT2D eigenvalue weighted by molar-refractivity contribution is 0.410. The van der Waals surface area contributed by atoms with Crippen molar-refractivity contribution in [2.75, 3.05) is 7.11 Å². The molecule has 0 bridgehead atoms. The maximum atomic E-state index is 9.41. The first-order valence-electron chi connectivity index (χ1n) is 9.90. The number of imidazole rings is 1. The molecule has 32 heavy (non-hydrogen) atoms. The number of hydrogen-bond donors (Lipinski definition) is 0. The zero-order chi connectivity index (χ0) is 22.1. The molecule has 0 saturated heterocycles. The lowest BCUT2D eigenvalue weighted by atomic mass is 10.1. The fourth-order valence-corrected chi connectivity index (χ4v) is 3.63. The smallest absolute Gasteiger partial charge is 0.149 e. The van der Waals surface area contributed by atoms with E-state index < -0.39 is 0 Å². The van der Waals surface area contributed by atoms with Gasteiger partial charge in [-0.05, 0) is 11.6 Å². The van der Waals surface area contributed by atoms with Crippen LogP contribution < -0.4 is 4.74 Å². The Morgan fingerprint density at radius 1 is 1.09 bits per heavy atom. The van der Waals surface area contributed by atoms with Gasteiger partial charge in [-0.2, -0.15) is 15.5 Å². The minimum Gasteiger partial charge on any atom is -0.495 e. The van der Waals surface area contributed by atoms with E-state index in [1.54, 1.807) is 47.5 Å². The van der Waals surface area contributed by atoms with Crippen LogP contribution in [0.5, 0.6) is 5.75 Å². The molecule has 0 amide bonds. The molecule has 1 atom stereocenters. The lowest BCUT2D eigenvalue weighted by Crippen LogP contribution is -2.11. The first-order chi connectivity index (χ1) is 15.7. The minimum absolute atomic E-state index is 0.236. The van der Waals surface area contributed by atoms with Gasteiger partial charge in [0.1, 0.15) is 17.2 Å². The molecule has 5 aromatic rings. The van der Waals surface area contributed by atoms with Gasteiger partial charge < -0.3 is 4.74 Å². The van der Waals surface area contributed by atoms with Gasteiger partial charge in [0.25, 0.3) is 0 Å². The molecule has 0 radical (unpaired) electrons. The summed E-state index contributed by atoms with van der Waals surface area (Å²) in [7, 11) is 3.45. The number of nitriles is 1. The van der Waals surface area contributed by atoms with Gasteiger partial charge in [-0.3, -0.25) is 18.7 Å². The molecule has 0 aliphatic rings. The predicted molar refractivity (Wildman–Crippen MR) is 116 cm³/mol. The molecule has 0 aliphatic carbocycles. The second-order valence-electron chi connectivity index (χ2n) is 7.27. The third kappa shape index (κ3) is 3.45. The van der Waals surface area contributed by atoms with Crippen LogP contribution >= 0.6 is 0 Å². The summed E-state index contributed by atoms with van der Waals surface area (Å²) in [6, 6.07) is 5.72. The summed E-state index contributed by atoms with van der Waals surface area (Å²) in [4.78, 5) is 13.5. The number of aromatic nitrogens is 8. The van der Waals surface area contributed by atoms with Crippen LogP contribution in [0.15, 0.2) is 61.7 Å². The number of hydrogen-bond acceptors (Lipinski definition) is 7. The van der Waals surface area contributed by atoms with E-state index in [0.29, 0.717) is 11.6 Å². The molecular weight excluding hydrogens is 406 g/mol. The van der Waals surface area contributed by atoms with Crippen LogP contribution in [0.1, 0.15) is 18.0 Å². The SMILES string of the molecule is COc1cncc(C(CC#N)n2cc(-c3nc(-c4cnn(C)c4)cc4nccn34)cn2)c1. The Bertz CT molecular complexity index is 1440. The average Bonchev–Trinajstić information content (AvgIpc) is 3.57. The molecule has 0 fully saturated rings. The number of nitrogens with zero attached hydrogens (tertiary/aromatic N) is 9. The standard InChI is InChI=1S/C22H19N9O/c1-29-13-16(10-26-29)19-8-21-25-5-6-30(21)22(28-19)17-11-27-31(14-17)20(3-4-23)15-7-18(32-2)12-24-9-15/h5-14,20H,3H2,1-2H3. The number of methoxy groups -OCH3 is 1. The van der Waals surface area contributed by atoms with Crippen molar-refractivity contribution in [2.45, 2.75) is 12.5 Å². The first kappa shape index (κ1) is 19.4. The maximum Gasteiger partial charge on any atom is 0.149 e. The third-order valence-corrected chi connectivity index (χ3v) is 5.21. The van der Waals surface area contributed by atoms with Crippen LogP contribution in [0.4, 0.5) is 0 Å².